The molecule has 2 aromatic rings. The second-order valence-electron chi connectivity index (χ2n) is 18.7. The van der Waals surface area contributed by atoms with Crippen molar-refractivity contribution in [2.75, 3.05) is 72.9 Å². The van der Waals surface area contributed by atoms with Gasteiger partial charge in [0, 0.05) is 96.8 Å². The smallest absolute Gasteiger partial charge is 0.303 e. The van der Waals surface area contributed by atoms with Gasteiger partial charge in [0.25, 0.3) is 74.2 Å². The molecular formula is C44H61N6O21S5+. The molecule has 0 bridgehead atoms. The lowest BCUT2D eigenvalue weighted by molar-refractivity contribution is -0.437. The number of aliphatic carboxylic acids is 1. The maximum absolute atomic E-state index is 14.0. The summed E-state index contributed by atoms with van der Waals surface area (Å²) in [4.78, 5) is 68.3. The number of hydrogen-bond donors (Lipinski definition) is 10. The minimum Gasteiger partial charge on any atom is -0.481 e. The highest BCUT2D eigenvalue weighted by Gasteiger charge is 2.48. The Morgan fingerprint density at radius 1 is 0.553 bits per heavy atom. The van der Waals surface area contributed by atoms with Crippen LogP contribution in [0.5, 0.6) is 0 Å². The van der Waals surface area contributed by atoms with Crippen LogP contribution in [0.15, 0.2) is 48.2 Å². The van der Waals surface area contributed by atoms with Crippen LogP contribution in [-0.2, 0) is 66.2 Å². The Labute approximate surface area is 440 Å². The number of benzene rings is 2. The quantitative estimate of drug-likeness (QED) is 0.0318. The third-order valence-electron chi connectivity index (χ3n) is 12.1. The van der Waals surface area contributed by atoms with Crippen molar-refractivity contribution in [1.82, 2.24) is 21.3 Å². The van der Waals surface area contributed by atoms with Gasteiger partial charge in [-0.25, -0.2) is 0 Å². The van der Waals surface area contributed by atoms with Crippen LogP contribution >= 0.6 is 0 Å². The monoisotopic (exact) mass is 1170 g/mol. The number of anilines is 1. The number of fused-ring (bicyclic) bond motifs is 2. The third kappa shape index (κ3) is 17.9. The number of nitrogens with one attached hydrogen (secondary N) is 4. The number of carboxylic acid groups (broad SMARTS) is 1. The number of rotatable bonds is 28. The molecule has 0 unspecified atom stereocenters. The van der Waals surface area contributed by atoms with E-state index >= 15 is 0 Å². The average molecular weight is 1170 g/mol. The van der Waals surface area contributed by atoms with E-state index < -0.39 is 146 Å². The summed E-state index contributed by atoms with van der Waals surface area (Å²) < 4.78 is 164. The summed E-state index contributed by atoms with van der Waals surface area (Å²) >= 11 is 0. The minimum absolute atomic E-state index is 0.133. The molecule has 2 aliphatic rings. The summed E-state index contributed by atoms with van der Waals surface area (Å²) in [5.41, 5.74) is -1.54. The van der Waals surface area contributed by atoms with Crippen molar-refractivity contribution >= 4 is 97.3 Å². The summed E-state index contributed by atoms with van der Waals surface area (Å²) in [6, 6.07) is 5.07. The molecule has 2 heterocycles. The van der Waals surface area contributed by atoms with Crippen molar-refractivity contribution < 1.29 is 98.5 Å². The van der Waals surface area contributed by atoms with Gasteiger partial charge in [-0.3, -0.25) is 46.7 Å². The Morgan fingerprint density at radius 2 is 0.987 bits per heavy atom. The zero-order valence-corrected chi connectivity index (χ0v) is 45.7. The van der Waals surface area contributed by atoms with E-state index in [1.165, 1.54) is 18.2 Å². The number of hydrogen-bond acceptors (Lipinski definition) is 16. The van der Waals surface area contributed by atoms with Gasteiger partial charge >= 0.3 is 5.97 Å². The fraction of sp³-hybridized carbons (Fsp3) is 0.500. The zero-order valence-electron chi connectivity index (χ0n) is 41.6. The van der Waals surface area contributed by atoms with E-state index in [1.807, 2.05) is 0 Å². The SMILES string of the molecule is CC1(C)C(=CC=CC2=[N+](CCCS(=O)(=O)O)c3cc(C(=O)NCCS(=O)(=O)O)cc(C(=O)NCCS(=O)(=O)O)c3C2(C)C)N(CCCCCC(=O)O)c2cc(C(=O)NCCS(=O)(=O)O)cc(C(=O)NCCS(=O)(=O)O)c21. The Hall–Kier alpha value is -5.71. The van der Waals surface area contributed by atoms with Gasteiger partial charge in [-0.15, -0.1) is 0 Å². The van der Waals surface area contributed by atoms with E-state index in [0.717, 1.165) is 6.07 Å². The number of nitrogens with zero attached hydrogens (tertiary/aromatic N) is 2. The van der Waals surface area contributed by atoms with Crippen LogP contribution in [0.3, 0.4) is 0 Å². The molecule has 0 aliphatic carbocycles. The van der Waals surface area contributed by atoms with Crippen molar-refractivity contribution in [2.24, 2.45) is 0 Å². The summed E-state index contributed by atoms with van der Waals surface area (Å²) in [7, 11) is -22.7. The number of carboxylic acids is 1. The molecule has 4 amide bonds. The third-order valence-corrected chi connectivity index (χ3v) is 15.8. The highest BCUT2D eigenvalue weighted by molar-refractivity contribution is 7.86. The van der Waals surface area contributed by atoms with Crippen molar-refractivity contribution in [1.29, 1.82) is 0 Å². The number of carbonyl (C=O) groups excluding carboxylic acids is 4. The number of amides is 4. The zero-order chi connectivity index (χ0) is 57.4. The Bertz CT molecular complexity index is 3310. The Morgan fingerprint density at radius 3 is 1.43 bits per heavy atom. The van der Waals surface area contributed by atoms with E-state index in [9.17, 15) is 93.9 Å². The topological polar surface area (TPSA) is 432 Å². The van der Waals surface area contributed by atoms with Crippen LogP contribution in [0, 0.1) is 0 Å². The van der Waals surface area contributed by atoms with E-state index in [1.54, 1.807) is 55.4 Å². The molecule has 0 saturated heterocycles. The normalized spacial score (nSPS) is 15.9. The van der Waals surface area contributed by atoms with Crippen molar-refractivity contribution in [3.63, 3.8) is 0 Å². The predicted octanol–water partition coefficient (Wildman–Crippen LogP) is 0.694. The molecule has 32 heteroatoms. The first-order valence-corrected chi connectivity index (χ1v) is 31.2. The van der Waals surface area contributed by atoms with E-state index in [4.69, 9.17) is 0 Å². The highest BCUT2D eigenvalue weighted by Crippen LogP contribution is 2.50. The summed E-state index contributed by atoms with van der Waals surface area (Å²) in [6.45, 7) is 4.41. The van der Waals surface area contributed by atoms with Gasteiger partial charge in [0.1, 0.15) is 6.54 Å². The second kappa shape index (κ2) is 24.7. The predicted molar refractivity (Wildman–Crippen MR) is 275 cm³/mol. The van der Waals surface area contributed by atoms with Crippen LogP contribution in [0.4, 0.5) is 11.4 Å². The maximum Gasteiger partial charge on any atom is 0.303 e. The molecule has 10 N–H and O–H groups in total. The molecule has 2 aliphatic heterocycles. The van der Waals surface area contributed by atoms with Crippen molar-refractivity contribution in [3.8, 4) is 0 Å². The molecule has 422 valence electrons. The standard InChI is InChI=1S/C44H60N6O21S5/c1-43(2)34(49(17-7-5-6-12-36(51)52)32-26-28(39(53)45-13-20-73(60,61)62)24-30(37(32)43)41(55)47-15-22-75(66,67)68)10-8-11-35-44(3,4)38-31(42(56)48-16-23-76(69,70)71)25-29(40(54)46-14-21-74(63,64)65)27-33(38)50(35)18-9-19-72(57,58)59/h8,10-11,24-27H,5-7,9,12-23H2,1-4H3,(H9-,45,46,47,48,51,52,53,54,55,56,57,58,59,60,61,62,63,64,65,66,67,68,69,70,71)/p+1. The van der Waals surface area contributed by atoms with Crippen LogP contribution in [0.1, 0.15) is 112 Å². The molecule has 0 spiro atoms. The molecule has 2 aromatic carbocycles. The summed E-state index contributed by atoms with van der Waals surface area (Å²) in [6.07, 6.45) is 5.36. The van der Waals surface area contributed by atoms with Gasteiger partial charge in [0.15, 0.2) is 5.71 Å². The number of carbonyl (C=O) groups is 5. The molecule has 76 heavy (non-hydrogen) atoms. The lowest BCUT2D eigenvalue weighted by atomic mass is 9.78. The van der Waals surface area contributed by atoms with E-state index in [-0.39, 0.29) is 71.5 Å². The van der Waals surface area contributed by atoms with Crippen molar-refractivity contribution in [2.45, 2.75) is 70.6 Å². The second-order valence-corrected chi connectivity index (χ2v) is 26.6. The summed E-state index contributed by atoms with van der Waals surface area (Å²) in [5.74, 6) is -8.93. The Kier molecular flexibility index (Phi) is 20.5. The van der Waals surface area contributed by atoms with Gasteiger partial charge in [0.2, 0.25) is 5.69 Å². The lowest BCUT2D eigenvalue weighted by Gasteiger charge is -2.27. The molecule has 0 aromatic heterocycles. The van der Waals surface area contributed by atoms with Crippen LogP contribution in [0.25, 0.3) is 0 Å². The van der Waals surface area contributed by atoms with Crippen LogP contribution < -0.4 is 26.2 Å². The summed E-state index contributed by atoms with van der Waals surface area (Å²) in [5, 5.41) is 18.8. The van der Waals surface area contributed by atoms with Gasteiger partial charge in [-0.1, -0.05) is 26.3 Å². The van der Waals surface area contributed by atoms with Gasteiger partial charge < -0.3 is 31.3 Å². The van der Waals surface area contributed by atoms with Gasteiger partial charge in [-0.05, 0) is 51.0 Å². The molecular weight excluding hydrogens is 1110 g/mol. The highest BCUT2D eigenvalue weighted by atomic mass is 32.2. The maximum atomic E-state index is 14.0. The molecule has 0 fully saturated rings. The average Bonchev–Trinajstić information content (AvgIpc) is 3.60. The van der Waals surface area contributed by atoms with Crippen LogP contribution in [0.2, 0.25) is 0 Å². The molecule has 27 nitrogen and oxygen atoms in total. The molecule has 0 radical (unpaired) electrons. The first kappa shape index (κ1) is 62.8. The largest absolute Gasteiger partial charge is 0.481 e. The lowest BCUT2D eigenvalue weighted by Crippen LogP contribution is -2.34. The Balaban J connectivity index is 1.99. The molecule has 0 saturated carbocycles. The minimum atomic E-state index is -4.57. The first-order chi connectivity index (χ1) is 34.8. The first-order valence-electron chi connectivity index (χ1n) is 23.1. The number of unbranched alkanes of at least 4 members (excludes halogenated alkanes) is 2. The van der Waals surface area contributed by atoms with Gasteiger partial charge in [-0.2, -0.15) is 46.7 Å². The number of allylic oxidation sites excluding steroid dienone is 4. The van der Waals surface area contributed by atoms with Crippen molar-refractivity contribution in [3.05, 3.63) is 81.6 Å². The molecule has 0 atom stereocenters. The van der Waals surface area contributed by atoms with Crippen LogP contribution in [-0.4, -0.2) is 178 Å². The van der Waals surface area contributed by atoms with Gasteiger partial charge in [0.05, 0.1) is 45.3 Å². The van der Waals surface area contributed by atoms with E-state index in [2.05, 4.69) is 21.3 Å². The molecule has 4 rings (SSSR count). The fourth-order valence-corrected chi connectivity index (χ4v) is 10.7. The van der Waals surface area contributed by atoms with E-state index in [0.29, 0.717) is 29.8 Å². The fourth-order valence-electron chi connectivity index (χ4n) is 8.81.